The number of urea groups is 1. The highest BCUT2D eigenvalue weighted by molar-refractivity contribution is 5.99. The minimum atomic E-state index is -4.49. The molecule has 3 aromatic heterocycles. The number of carbonyl (C=O) groups is 1. The highest BCUT2D eigenvalue weighted by Gasteiger charge is 2.36. The number of rotatable bonds is 5. The number of carbonyl (C=O) groups excluding carboxylic acids is 1. The molecule has 14 heteroatoms. The number of hydrogen-bond acceptors (Lipinski definition) is 8. The van der Waals surface area contributed by atoms with Gasteiger partial charge in [0.05, 0.1) is 12.2 Å². The Hall–Kier alpha value is -4.33. The summed E-state index contributed by atoms with van der Waals surface area (Å²) < 4.78 is 46.3. The number of benzene rings is 1. The first-order chi connectivity index (χ1) is 18.3. The summed E-state index contributed by atoms with van der Waals surface area (Å²) in [6.45, 7) is -0.198. The molecule has 5 heterocycles. The molecule has 2 aliphatic heterocycles. The summed E-state index contributed by atoms with van der Waals surface area (Å²) in [7, 11) is 0. The largest absolute Gasteiger partial charge is 0.408 e. The summed E-state index contributed by atoms with van der Waals surface area (Å²) in [4.78, 5) is 27.3. The Labute approximate surface area is 214 Å². The van der Waals surface area contributed by atoms with E-state index in [0.29, 0.717) is 35.8 Å². The van der Waals surface area contributed by atoms with Crippen LogP contribution in [-0.2, 0) is 11.3 Å². The molecule has 196 valence electrons. The summed E-state index contributed by atoms with van der Waals surface area (Å²) in [6.07, 6.45) is 0.556. The number of halogens is 3. The van der Waals surface area contributed by atoms with Crippen LogP contribution >= 0.6 is 0 Å². The van der Waals surface area contributed by atoms with Gasteiger partial charge in [-0.1, -0.05) is 5.21 Å². The lowest BCUT2D eigenvalue weighted by Crippen LogP contribution is -2.43. The molecule has 2 N–H and O–H groups in total. The summed E-state index contributed by atoms with van der Waals surface area (Å²) in [6, 6.07) is 9.58. The minimum Gasteiger partial charge on any atom is -0.371 e. The van der Waals surface area contributed by atoms with Crippen LogP contribution in [0.2, 0.25) is 0 Å². The molecule has 2 unspecified atom stereocenters. The Morgan fingerprint density at radius 1 is 0.974 bits per heavy atom. The standard InChI is InChI=1S/C24H22F3N9O2/c25-24(26,27)13-36-22-19(33-34-36)21(35-11-17-5-6-18(12-35)38-17)31-20(32-22)14-1-3-15(4-2-14)29-23(37)30-16-7-9-28-10-8-16/h1-4,7-10,17-18H,5-6,11-13H2,(H2,28,29,30,37). The molecular weight excluding hydrogens is 503 g/mol. The number of nitrogens with zero attached hydrogens (tertiary/aromatic N) is 7. The second-order valence-corrected chi connectivity index (χ2v) is 9.16. The summed E-state index contributed by atoms with van der Waals surface area (Å²) in [5.41, 5.74) is 1.87. The van der Waals surface area contributed by atoms with E-state index in [1.54, 1.807) is 48.8 Å². The monoisotopic (exact) mass is 525 g/mol. The van der Waals surface area contributed by atoms with Crippen molar-refractivity contribution in [1.29, 1.82) is 0 Å². The van der Waals surface area contributed by atoms with E-state index < -0.39 is 18.8 Å². The fourth-order valence-electron chi connectivity index (χ4n) is 4.69. The third kappa shape index (κ3) is 5.07. The Morgan fingerprint density at radius 2 is 1.63 bits per heavy atom. The molecule has 0 saturated carbocycles. The van der Waals surface area contributed by atoms with Gasteiger partial charge < -0.3 is 20.3 Å². The lowest BCUT2D eigenvalue weighted by atomic mass is 10.2. The number of ether oxygens (including phenoxy) is 1. The van der Waals surface area contributed by atoms with Gasteiger partial charge in [0, 0.05) is 42.4 Å². The number of alkyl halides is 3. The first-order valence-electron chi connectivity index (χ1n) is 12.0. The second-order valence-electron chi connectivity index (χ2n) is 9.16. The zero-order valence-electron chi connectivity index (χ0n) is 19.9. The van der Waals surface area contributed by atoms with E-state index >= 15 is 0 Å². The quantitative estimate of drug-likeness (QED) is 0.403. The normalized spacial score (nSPS) is 19.1. The SMILES string of the molecule is O=C(Nc1ccncc1)Nc1ccc(-c2nc(N3CC4CCC(C3)O4)c3nnn(CC(F)(F)F)c3n2)cc1. The smallest absolute Gasteiger partial charge is 0.371 e. The number of amides is 2. The third-order valence-corrected chi connectivity index (χ3v) is 6.36. The van der Waals surface area contributed by atoms with Crippen molar-refractivity contribution < 1.29 is 22.7 Å². The van der Waals surface area contributed by atoms with E-state index in [9.17, 15) is 18.0 Å². The van der Waals surface area contributed by atoms with Gasteiger partial charge in [0.2, 0.25) is 0 Å². The molecule has 38 heavy (non-hydrogen) atoms. The Bertz CT molecular complexity index is 1450. The maximum Gasteiger partial charge on any atom is 0.408 e. The van der Waals surface area contributed by atoms with Gasteiger partial charge in [-0.15, -0.1) is 5.10 Å². The van der Waals surface area contributed by atoms with Crippen LogP contribution in [-0.4, -0.2) is 67.5 Å². The van der Waals surface area contributed by atoms with Crippen LogP contribution in [0.1, 0.15) is 12.8 Å². The maximum atomic E-state index is 13.2. The number of pyridine rings is 1. The fraction of sp³-hybridized carbons (Fsp3) is 0.333. The summed E-state index contributed by atoms with van der Waals surface area (Å²) in [5.74, 6) is 0.655. The molecule has 2 atom stereocenters. The van der Waals surface area contributed by atoms with Gasteiger partial charge in [0.15, 0.2) is 22.8 Å². The van der Waals surface area contributed by atoms with Gasteiger partial charge in [-0.05, 0) is 49.2 Å². The van der Waals surface area contributed by atoms with Crippen molar-refractivity contribution in [3.05, 3.63) is 48.8 Å². The average molecular weight is 525 g/mol. The van der Waals surface area contributed by atoms with Crippen LogP contribution in [0, 0.1) is 0 Å². The van der Waals surface area contributed by atoms with Crippen LogP contribution in [0.5, 0.6) is 0 Å². The Kier molecular flexibility index (Phi) is 6.02. The number of aromatic nitrogens is 6. The molecule has 0 radical (unpaired) electrons. The van der Waals surface area contributed by atoms with E-state index in [2.05, 4.69) is 30.9 Å². The van der Waals surface area contributed by atoms with Gasteiger partial charge in [0.1, 0.15) is 6.54 Å². The molecule has 2 amide bonds. The summed E-state index contributed by atoms with van der Waals surface area (Å²) in [5, 5.41) is 13.2. The van der Waals surface area contributed by atoms with Gasteiger partial charge in [0.25, 0.3) is 0 Å². The maximum absolute atomic E-state index is 13.2. The third-order valence-electron chi connectivity index (χ3n) is 6.36. The van der Waals surface area contributed by atoms with Crippen LogP contribution in [0.25, 0.3) is 22.6 Å². The predicted octanol–water partition coefficient (Wildman–Crippen LogP) is 3.86. The van der Waals surface area contributed by atoms with Gasteiger partial charge in [-0.25, -0.2) is 19.4 Å². The number of hydrogen-bond donors (Lipinski definition) is 2. The predicted molar refractivity (Wildman–Crippen MR) is 132 cm³/mol. The number of fused-ring (bicyclic) bond motifs is 3. The molecule has 2 fully saturated rings. The van der Waals surface area contributed by atoms with Crippen molar-refractivity contribution >= 4 is 34.4 Å². The van der Waals surface area contributed by atoms with E-state index in [1.165, 1.54) is 0 Å². The van der Waals surface area contributed by atoms with E-state index in [4.69, 9.17) is 9.72 Å². The zero-order valence-corrected chi connectivity index (χ0v) is 19.9. The summed E-state index contributed by atoms with van der Waals surface area (Å²) >= 11 is 0. The van der Waals surface area contributed by atoms with Crippen molar-refractivity contribution in [2.24, 2.45) is 0 Å². The first kappa shape index (κ1) is 24.0. The van der Waals surface area contributed by atoms with Crippen LogP contribution in [0.3, 0.4) is 0 Å². The Balaban J connectivity index is 1.30. The molecule has 0 spiro atoms. The topological polar surface area (TPSA) is 123 Å². The molecule has 2 saturated heterocycles. The molecule has 4 aromatic rings. The van der Waals surface area contributed by atoms with Crippen LogP contribution in [0.15, 0.2) is 48.8 Å². The minimum absolute atomic E-state index is 0.0000870. The highest BCUT2D eigenvalue weighted by Crippen LogP contribution is 2.33. The number of morpholine rings is 1. The number of anilines is 3. The molecule has 6 rings (SSSR count). The molecule has 2 bridgehead atoms. The molecular formula is C24H22F3N9O2. The van der Waals surface area contributed by atoms with Crippen molar-refractivity contribution in [1.82, 2.24) is 29.9 Å². The first-order valence-corrected chi connectivity index (χ1v) is 12.0. The van der Waals surface area contributed by atoms with Crippen molar-refractivity contribution in [3.63, 3.8) is 0 Å². The highest BCUT2D eigenvalue weighted by atomic mass is 19.4. The lowest BCUT2D eigenvalue weighted by Gasteiger charge is -2.33. The van der Waals surface area contributed by atoms with Crippen molar-refractivity contribution in [3.8, 4) is 11.4 Å². The van der Waals surface area contributed by atoms with Crippen LogP contribution < -0.4 is 15.5 Å². The van der Waals surface area contributed by atoms with E-state index in [-0.39, 0.29) is 29.2 Å². The second kappa shape index (κ2) is 9.52. The van der Waals surface area contributed by atoms with Crippen molar-refractivity contribution in [2.45, 2.75) is 37.8 Å². The van der Waals surface area contributed by atoms with E-state index in [1.807, 2.05) is 4.90 Å². The van der Waals surface area contributed by atoms with Crippen LogP contribution in [0.4, 0.5) is 35.2 Å². The van der Waals surface area contributed by atoms with Gasteiger partial charge >= 0.3 is 12.2 Å². The Morgan fingerprint density at radius 3 is 2.29 bits per heavy atom. The van der Waals surface area contributed by atoms with Gasteiger partial charge in [-0.2, -0.15) is 13.2 Å². The fourth-order valence-corrected chi connectivity index (χ4v) is 4.69. The average Bonchev–Trinajstić information content (AvgIpc) is 3.45. The lowest BCUT2D eigenvalue weighted by molar-refractivity contribution is -0.142. The molecule has 0 aliphatic carbocycles. The molecule has 1 aromatic carbocycles. The van der Waals surface area contributed by atoms with E-state index in [0.717, 1.165) is 17.5 Å². The molecule has 2 aliphatic rings. The van der Waals surface area contributed by atoms with Crippen molar-refractivity contribution in [2.75, 3.05) is 28.6 Å². The molecule has 11 nitrogen and oxygen atoms in total. The van der Waals surface area contributed by atoms with Gasteiger partial charge in [-0.3, -0.25) is 4.98 Å². The zero-order chi connectivity index (χ0) is 26.3. The number of nitrogens with one attached hydrogen (secondary N) is 2.